The highest BCUT2D eigenvalue weighted by Crippen LogP contribution is 2.18. The van der Waals surface area contributed by atoms with Gasteiger partial charge in [-0.3, -0.25) is 9.59 Å². The first-order chi connectivity index (χ1) is 14.5. The third kappa shape index (κ3) is 6.76. The van der Waals surface area contributed by atoms with Crippen LogP contribution < -0.4 is 14.8 Å². The molecule has 0 aromatic heterocycles. The fourth-order valence-corrected chi connectivity index (χ4v) is 2.97. The van der Waals surface area contributed by atoms with E-state index in [1.165, 1.54) is 17.0 Å². The lowest BCUT2D eigenvalue weighted by Gasteiger charge is -2.30. The number of carbonyl (C=O) groups is 2. The predicted molar refractivity (Wildman–Crippen MR) is 113 cm³/mol. The van der Waals surface area contributed by atoms with Gasteiger partial charge in [0.1, 0.15) is 23.4 Å². The second kappa shape index (κ2) is 11.8. The molecule has 162 valence electrons. The molecule has 2 amide bonds. The van der Waals surface area contributed by atoms with Gasteiger partial charge in [0.05, 0.1) is 7.11 Å². The van der Waals surface area contributed by atoms with E-state index in [0.717, 1.165) is 12.0 Å². The van der Waals surface area contributed by atoms with E-state index in [9.17, 15) is 14.0 Å². The van der Waals surface area contributed by atoms with Gasteiger partial charge in [-0.25, -0.2) is 4.39 Å². The molecule has 0 saturated heterocycles. The van der Waals surface area contributed by atoms with Gasteiger partial charge in [-0.05, 0) is 54.8 Å². The van der Waals surface area contributed by atoms with Crippen LogP contribution in [-0.2, 0) is 16.1 Å². The molecular formula is C23H29FN2O4. The summed E-state index contributed by atoms with van der Waals surface area (Å²) in [7, 11) is 1.57. The van der Waals surface area contributed by atoms with Crippen LogP contribution in [0.5, 0.6) is 11.5 Å². The first kappa shape index (κ1) is 23.2. The molecule has 2 aromatic rings. The first-order valence-corrected chi connectivity index (χ1v) is 10.1. The number of benzene rings is 2. The van der Waals surface area contributed by atoms with E-state index < -0.39 is 6.04 Å². The van der Waals surface area contributed by atoms with E-state index >= 15 is 0 Å². The fourth-order valence-electron chi connectivity index (χ4n) is 2.97. The van der Waals surface area contributed by atoms with Gasteiger partial charge in [0, 0.05) is 13.1 Å². The Morgan fingerprint density at radius 2 is 1.67 bits per heavy atom. The van der Waals surface area contributed by atoms with Crippen molar-refractivity contribution in [3.8, 4) is 11.5 Å². The highest BCUT2D eigenvalue weighted by Gasteiger charge is 2.28. The lowest BCUT2D eigenvalue weighted by atomic mass is 10.1. The van der Waals surface area contributed by atoms with Crippen LogP contribution in [0.3, 0.4) is 0 Å². The van der Waals surface area contributed by atoms with Crippen molar-refractivity contribution in [1.82, 2.24) is 10.2 Å². The van der Waals surface area contributed by atoms with Gasteiger partial charge in [0.25, 0.3) is 5.91 Å². The van der Waals surface area contributed by atoms with Gasteiger partial charge < -0.3 is 19.7 Å². The molecule has 1 N–H and O–H groups in total. The summed E-state index contributed by atoms with van der Waals surface area (Å²) in [6.45, 7) is 4.32. The number of ether oxygens (including phenoxy) is 2. The molecule has 0 saturated carbocycles. The van der Waals surface area contributed by atoms with Crippen LogP contribution >= 0.6 is 0 Å². The van der Waals surface area contributed by atoms with Crippen molar-refractivity contribution in [1.29, 1.82) is 0 Å². The minimum Gasteiger partial charge on any atom is -0.497 e. The zero-order valence-corrected chi connectivity index (χ0v) is 17.7. The summed E-state index contributed by atoms with van der Waals surface area (Å²) in [5.74, 6) is 0.319. The lowest BCUT2D eigenvalue weighted by Crippen LogP contribution is -2.50. The molecular weight excluding hydrogens is 387 g/mol. The Balaban J connectivity index is 2.15. The maximum Gasteiger partial charge on any atom is 0.261 e. The van der Waals surface area contributed by atoms with Crippen molar-refractivity contribution in [2.24, 2.45) is 0 Å². The number of halogens is 1. The first-order valence-electron chi connectivity index (χ1n) is 10.1. The number of nitrogens with one attached hydrogen (secondary N) is 1. The quantitative estimate of drug-likeness (QED) is 0.608. The van der Waals surface area contributed by atoms with Crippen molar-refractivity contribution in [2.75, 3.05) is 20.3 Å². The van der Waals surface area contributed by atoms with Crippen LogP contribution in [0.4, 0.5) is 4.39 Å². The Morgan fingerprint density at radius 1 is 1.03 bits per heavy atom. The van der Waals surface area contributed by atoms with E-state index in [-0.39, 0.29) is 30.8 Å². The molecule has 1 atom stereocenters. The number of rotatable bonds is 11. The SMILES string of the molecule is CCCNC(=O)[C@H](CC)N(Cc1ccc(F)cc1)C(=O)COc1ccc(OC)cc1. The second-order valence-corrected chi connectivity index (χ2v) is 6.83. The topological polar surface area (TPSA) is 67.9 Å². The summed E-state index contributed by atoms with van der Waals surface area (Å²) in [4.78, 5) is 27.1. The molecule has 0 aliphatic rings. The molecule has 0 heterocycles. The van der Waals surface area contributed by atoms with Gasteiger partial charge in [0.15, 0.2) is 6.61 Å². The van der Waals surface area contributed by atoms with E-state index in [4.69, 9.17) is 9.47 Å². The average Bonchev–Trinajstić information content (AvgIpc) is 2.77. The number of hydrogen-bond donors (Lipinski definition) is 1. The summed E-state index contributed by atoms with van der Waals surface area (Å²) >= 11 is 0. The van der Waals surface area contributed by atoms with Crippen LogP contribution in [0.2, 0.25) is 0 Å². The predicted octanol–water partition coefficient (Wildman–Crippen LogP) is 3.55. The minimum absolute atomic E-state index is 0.184. The molecule has 2 rings (SSSR count). The molecule has 0 aliphatic heterocycles. The molecule has 7 heteroatoms. The maximum absolute atomic E-state index is 13.3. The smallest absolute Gasteiger partial charge is 0.261 e. The fraction of sp³-hybridized carbons (Fsp3) is 0.391. The molecule has 30 heavy (non-hydrogen) atoms. The zero-order valence-electron chi connectivity index (χ0n) is 17.7. The Kier molecular flexibility index (Phi) is 9.12. The van der Waals surface area contributed by atoms with E-state index in [0.29, 0.717) is 24.5 Å². The van der Waals surface area contributed by atoms with Crippen LogP contribution in [0.25, 0.3) is 0 Å². The van der Waals surface area contributed by atoms with Crippen LogP contribution in [0, 0.1) is 5.82 Å². The van der Waals surface area contributed by atoms with Crippen LogP contribution in [0.15, 0.2) is 48.5 Å². The third-order valence-corrected chi connectivity index (χ3v) is 4.62. The highest BCUT2D eigenvalue weighted by molar-refractivity contribution is 5.88. The van der Waals surface area contributed by atoms with Crippen molar-refractivity contribution < 1.29 is 23.5 Å². The maximum atomic E-state index is 13.3. The summed E-state index contributed by atoms with van der Waals surface area (Å²) in [5.41, 5.74) is 0.732. The highest BCUT2D eigenvalue weighted by atomic mass is 19.1. The van der Waals surface area contributed by atoms with Crippen LogP contribution in [-0.4, -0.2) is 43.0 Å². The van der Waals surface area contributed by atoms with Gasteiger partial charge in [0.2, 0.25) is 5.91 Å². The number of hydrogen-bond acceptors (Lipinski definition) is 4. The Morgan fingerprint density at radius 3 is 2.23 bits per heavy atom. The van der Waals surface area contributed by atoms with Crippen molar-refractivity contribution in [2.45, 2.75) is 39.3 Å². The number of methoxy groups -OCH3 is 1. The molecule has 6 nitrogen and oxygen atoms in total. The Hall–Kier alpha value is -3.09. The summed E-state index contributed by atoms with van der Waals surface area (Å²) in [5, 5.41) is 2.85. The lowest BCUT2D eigenvalue weighted by molar-refractivity contribution is -0.143. The van der Waals surface area contributed by atoms with Crippen LogP contribution in [0.1, 0.15) is 32.3 Å². The van der Waals surface area contributed by atoms with E-state index in [1.54, 1.807) is 43.5 Å². The largest absolute Gasteiger partial charge is 0.497 e. The van der Waals surface area contributed by atoms with Gasteiger partial charge >= 0.3 is 0 Å². The summed E-state index contributed by atoms with van der Waals surface area (Å²) in [6.07, 6.45) is 1.25. The Bertz CT molecular complexity index is 809. The monoisotopic (exact) mass is 416 g/mol. The van der Waals surface area contributed by atoms with Crippen molar-refractivity contribution >= 4 is 11.8 Å². The number of amides is 2. The summed E-state index contributed by atoms with van der Waals surface area (Å²) < 4.78 is 24.0. The van der Waals surface area contributed by atoms with Gasteiger partial charge in [-0.2, -0.15) is 0 Å². The molecule has 0 bridgehead atoms. The normalized spacial score (nSPS) is 11.5. The second-order valence-electron chi connectivity index (χ2n) is 6.83. The molecule has 0 fully saturated rings. The van der Waals surface area contributed by atoms with E-state index in [2.05, 4.69) is 5.32 Å². The standard InChI is InChI=1S/C23H29FN2O4/c1-4-14-25-23(28)21(5-2)26(15-17-6-8-18(24)9-7-17)22(27)16-30-20-12-10-19(29-3)11-13-20/h6-13,21H,4-5,14-16H2,1-3H3,(H,25,28)/t21-/m0/s1. The molecule has 0 radical (unpaired) electrons. The third-order valence-electron chi connectivity index (χ3n) is 4.62. The van der Waals surface area contributed by atoms with Crippen molar-refractivity contribution in [3.05, 3.63) is 59.9 Å². The number of nitrogens with zero attached hydrogens (tertiary/aromatic N) is 1. The average molecular weight is 416 g/mol. The molecule has 0 aliphatic carbocycles. The molecule has 0 unspecified atom stereocenters. The Labute approximate surface area is 177 Å². The van der Waals surface area contributed by atoms with Gasteiger partial charge in [-0.1, -0.05) is 26.0 Å². The van der Waals surface area contributed by atoms with Crippen molar-refractivity contribution in [3.63, 3.8) is 0 Å². The molecule has 0 spiro atoms. The van der Waals surface area contributed by atoms with E-state index in [1.807, 2.05) is 13.8 Å². The summed E-state index contributed by atoms with van der Waals surface area (Å²) in [6, 6.07) is 12.1. The number of carbonyl (C=O) groups excluding carboxylic acids is 2. The minimum atomic E-state index is -0.645. The van der Waals surface area contributed by atoms with Gasteiger partial charge in [-0.15, -0.1) is 0 Å². The zero-order chi connectivity index (χ0) is 21.9. The molecule has 2 aromatic carbocycles.